The molecule has 2 rings (SSSR count). The van der Waals surface area contributed by atoms with Crippen molar-refractivity contribution in [1.82, 2.24) is 9.71 Å². The minimum atomic E-state index is -3.58. The zero-order valence-corrected chi connectivity index (χ0v) is 11.0. The SMILES string of the molecule is Cc1[nH]c(=O)sc1S(=O)(=O)NCC1CCOC1. The van der Waals surface area contributed by atoms with Gasteiger partial charge in [-0.2, -0.15) is 0 Å². The second-order valence-corrected chi connectivity index (χ2v) is 6.95. The fourth-order valence-corrected chi connectivity index (χ4v) is 4.14. The number of aromatic amines is 1. The summed E-state index contributed by atoms with van der Waals surface area (Å²) in [6.07, 6.45) is 0.866. The predicted molar refractivity (Wildman–Crippen MR) is 63.8 cm³/mol. The molecule has 0 spiro atoms. The number of sulfonamides is 1. The number of aromatic nitrogens is 1. The first-order valence-electron chi connectivity index (χ1n) is 5.26. The normalized spacial score (nSPS) is 20.9. The van der Waals surface area contributed by atoms with Crippen LogP contribution in [0.1, 0.15) is 12.1 Å². The highest BCUT2D eigenvalue weighted by Crippen LogP contribution is 2.17. The van der Waals surface area contributed by atoms with Crippen molar-refractivity contribution in [3.8, 4) is 0 Å². The molecule has 2 heterocycles. The minimum Gasteiger partial charge on any atom is -0.381 e. The molecule has 1 saturated heterocycles. The van der Waals surface area contributed by atoms with Crippen LogP contribution in [0.5, 0.6) is 0 Å². The van der Waals surface area contributed by atoms with Gasteiger partial charge in [0, 0.05) is 18.8 Å². The van der Waals surface area contributed by atoms with Gasteiger partial charge < -0.3 is 9.72 Å². The van der Waals surface area contributed by atoms with E-state index in [9.17, 15) is 13.2 Å². The van der Waals surface area contributed by atoms with Crippen molar-refractivity contribution in [2.24, 2.45) is 5.92 Å². The predicted octanol–water partition coefficient (Wildman–Crippen LogP) is 0.0596. The molecule has 8 heteroatoms. The number of hydrogen-bond donors (Lipinski definition) is 2. The lowest BCUT2D eigenvalue weighted by Crippen LogP contribution is -2.29. The van der Waals surface area contributed by atoms with Crippen LogP contribution in [-0.2, 0) is 14.8 Å². The summed E-state index contributed by atoms with van der Waals surface area (Å²) in [5.74, 6) is 0.223. The van der Waals surface area contributed by atoms with Crippen LogP contribution >= 0.6 is 11.3 Å². The molecular formula is C9H14N2O4S2. The number of nitrogens with one attached hydrogen (secondary N) is 2. The maximum Gasteiger partial charge on any atom is 0.305 e. The molecule has 0 bridgehead atoms. The molecule has 0 radical (unpaired) electrons. The molecule has 96 valence electrons. The summed E-state index contributed by atoms with van der Waals surface area (Å²) in [5.41, 5.74) is 0.384. The van der Waals surface area contributed by atoms with Gasteiger partial charge in [-0.05, 0) is 19.3 Å². The smallest absolute Gasteiger partial charge is 0.305 e. The van der Waals surface area contributed by atoms with Crippen LogP contribution in [0, 0.1) is 12.8 Å². The van der Waals surface area contributed by atoms with Gasteiger partial charge in [0.25, 0.3) is 10.0 Å². The Morgan fingerprint density at radius 1 is 1.59 bits per heavy atom. The summed E-state index contributed by atoms with van der Waals surface area (Å²) in [4.78, 5) is 13.2. The van der Waals surface area contributed by atoms with Crippen LogP contribution in [0.25, 0.3) is 0 Å². The van der Waals surface area contributed by atoms with Gasteiger partial charge in [-0.25, -0.2) is 13.1 Å². The molecule has 17 heavy (non-hydrogen) atoms. The average Bonchev–Trinajstić information content (AvgIpc) is 2.85. The summed E-state index contributed by atoms with van der Waals surface area (Å²) in [6.45, 7) is 3.20. The van der Waals surface area contributed by atoms with Crippen LogP contribution in [-0.4, -0.2) is 33.2 Å². The third kappa shape index (κ3) is 2.95. The summed E-state index contributed by atoms with van der Waals surface area (Å²) < 4.78 is 31.6. The van der Waals surface area contributed by atoms with Gasteiger partial charge in [0.15, 0.2) is 4.21 Å². The number of rotatable bonds is 4. The highest BCUT2D eigenvalue weighted by atomic mass is 32.2. The van der Waals surface area contributed by atoms with E-state index in [1.807, 2.05) is 0 Å². The van der Waals surface area contributed by atoms with E-state index < -0.39 is 10.0 Å². The van der Waals surface area contributed by atoms with Crippen LogP contribution in [0.4, 0.5) is 0 Å². The van der Waals surface area contributed by atoms with E-state index >= 15 is 0 Å². The Balaban J connectivity index is 2.08. The second-order valence-electron chi connectivity index (χ2n) is 4.01. The standard InChI is InChI=1S/C9H14N2O4S2/c1-6-8(16-9(12)11-6)17(13,14)10-4-7-2-3-15-5-7/h7,10H,2-5H2,1H3,(H,11,12). The molecule has 1 fully saturated rings. The second kappa shape index (κ2) is 4.89. The Kier molecular flexibility index (Phi) is 3.67. The summed E-state index contributed by atoms with van der Waals surface area (Å²) in [5, 5.41) is 0. The maximum absolute atomic E-state index is 11.9. The molecule has 1 aromatic rings. The van der Waals surface area contributed by atoms with E-state index in [0.29, 0.717) is 36.8 Å². The Morgan fingerprint density at radius 3 is 2.88 bits per heavy atom. The van der Waals surface area contributed by atoms with Crippen LogP contribution in [0.3, 0.4) is 0 Å². The monoisotopic (exact) mass is 278 g/mol. The molecule has 0 amide bonds. The molecule has 1 atom stereocenters. The summed E-state index contributed by atoms with van der Waals surface area (Å²) >= 11 is 0.711. The molecule has 0 aliphatic carbocycles. The zero-order valence-electron chi connectivity index (χ0n) is 9.36. The van der Waals surface area contributed by atoms with Crippen molar-refractivity contribution in [2.75, 3.05) is 19.8 Å². The maximum atomic E-state index is 11.9. The van der Waals surface area contributed by atoms with E-state index in [2.05, 4.69) is 9.71 Å². The zero-order chi connectivity index (χ0) is 12.5. The van der Waals surface area contributed by atoms with E-state index in [-0.39, 0.29) is 15.0 Å². The van der Waals surface area contributed by atoms with Gasteiger partial charge in [0.2, 0.25) is 0 Å². The van der Waals surface area contributed by atoms with Crippen LogP contribution in [0.15, 0.2) is 9.00 Å². The van der Waals surface area contributed by atoms with Crippen molar-refractivity contribution in [2.45, 2.75) is 17.6 Å². The van der Waals surface area contributed by atoms with Crippen LogP contribution in [0.2, 0.25) is 0 Å². The average molecular weight is 278 g/mol. The number of hydrogen-bond acceptors (Lipinski definition) is 5. The molecule has 1 unspecified atom stereocenters. The molecule has 0 aromatic carbocycles. The van der Waals surface area contributed by atoms with Gasteiger partial charge in [0.05, 0.1) is 6.61 Å². The quantitative estimate of drug-likeness (QED) is 0.815. The third-order valence-electron chi connectivity index (χ3n) is 2.61. The fraction of sp³-hybridized carbons (Fsp3) is 0.667. The molecule has 1 aliphatic rings. The lowest BCUT2D eigenvalue weighted by Gasteiger charge is -2.09. The van der Waals surface area contributed by atoms with Crippen molar-refractivity contribution >= 4 is 21.4 Å². The van der Waals surface area contributed by atoms with Gasteiger partial charge >= 0.3 is 4.87 Å². The van der Waals surface area contributed by atoms with Crippen molar-refractivity contribution in [3.05, 3.63) is 15.4 Å². The van der Waals surface area contributed by atoms with Gasteiger partial charge in [-0.15, -0.1) is 0 Å². The number of H-pyrrole nitrogens is 1. The highest BCUT2D eigenvalue weighted by Gasteiger charge is 2.23. The molecule has 6 nitrogen and oxygen atoms in total. The largest absolute Gasteiger partial charge is 0.381 e. The summed E-state index contributed by atoms with van der Waals surface area (Å²) in [7, 11) is -3.58. The van der Waals surface area contributed by atoms with Crippen molar-refractivity contribution in [3.63, 3.8) is 0 Å². The van der Waals surface area contributed by atoms with Gasteiger partial charge in [0.1, 0.15) is 0 Å². The van der Waals surface area contributed by atoms with E-state index in [1.165, 1.54) is 0 Å². The lowest BCUT2D eigenvalue weighted by atomic mass is 10.1. The Hall–Kier alpha value is -0.700. The molecule has 2 N–H and O–H groups in total. The first-order valence-corrected chi connectivity index (χ1v) is 7.56. The van der Waals surface area contributed by atoms with E-state index in [0.717, 1.165) is 6.42 Å². The minimum absolute atomic E-state index is 0.0708. The highest BCUT2D eigenvalue weighted by molar-refractivity contribution is 7.91. The number of thiazole rings is 1. The van der Waals surface area contributed by atoms with E-state index in [4.69, 9.17) is 4.74 Å². The van der Waals surface area contributed by atoms with Crippen LogP contribution < -0.4 is 9.60 Å². The lowest BCUT2D eigenvalue weighted by molar-refractivity contribution is 0.186. The Morgan fingerprint density at radius 2 is 2.35 bits per heavy atom. The molecule has 1 aliphatic heterocycles. The molecule has 1 aromatic heterocycles. The number of aryl methyl sites for hydroxylation is 1. The van der Waals surface area contributed by atoms with Crippen molar-refractivity contribution < 1.29 is 13.2 Å². The molecule has 0 saturated carbocycles. The van der Waals surface area contributed by atoms with Gasteiger partial charge in [-0.1, -0.05) is 11.3 Å². The third-order valence-corrected chi connectivity index (χ3v) is 5.64. The topological polar surface area (TPSA) is 88.3 Å². The fourth-order valence-electron chi connectivity index (χ4n) is 1.68. The van der Waals surface area contributed by atoms with Gasteiger partial charge in [-0.3, -0.25) is 4.79 Å². The Bertz CT molecular complexity index is 540. The first-order chi connectivity index (χ1) is 7.99. The number of ether oxygens (including phenoxy) is 1. The summed E-state index contributed by atoms with van der Waals surface area (Å²) in [6, 6.07) is 0. The first kappa shape index (κ1) is 12.7. The van der Waals surface area contributed by atoms with Crippen molar-refractivity contribution in [1.29, 1.82) is 0 Å². The Labute approximate surface area is 103 Å². The molecular weight excluding hydrogens is 264 g/mol. The van der Waals surface area contributed by atoms with E-state index in [1.54, 1.807) is 6.92 Å².